The maximum atomic E-state index is 13.2. The molecule has 0 N–H and O–H groups in total. The molecular formula is C8H2F14. The highest BCUT2D eigenvalue weighted by atomic mass is 19.4. The highest BCUT2D eigenvalue weighted by molar-refractivity contribution is 5.25. The molecule has 0 aromatic heterocycles. The molecule has 0 heterocycles. The molecule has 132 valence electrons. The lowest BCUT2D eigenvalue weighted by Crippen LogP contribution is -2.53. The fraction of sp³-hybridized carbons (Fsp3) is 0.750. The zero-order valence-corrected chi connectivity index (χ0v) is 9.45. The number of rotatable bonds is 4. The number of allylic oxidation sites excluding steroid dienone is 2. The standard InChI is InChI=1S/C8H2F14/c9-1(2(10)6(15,16)8(20,21)22)5(14,7(17,18)19)3(11)4(12)13/h3-4H. The van der Waals surface area contributed by atoms with Gasteiger partial charge >= 0.3 is 18.3 Å². The molecule has 0 fully saturated rings. The van der Waals surface area contributed by atoms with E-state index in [0.29, 0.717) is 0 Å². The van der Waals surface area contributed by atoms with E-state index in [1.165, 1.54) is 0 Å². The Morgan fingerprint density at radius 3 is 1.18 bits per heavy atom. The second kappa shape index (κ2) is 5.76. The van der Waals surface area contributed by atoms with Crippen LogP contribution < -0.4 is 0 Å². The molecule has 0 aromatic rings. The first-order chi connectivity index (χ1) is 9.42. The summed E-state index contributed by atoms with van der Waals surface area (Å²) in [6.45, 7) is 0. The van der Waals surface area contributed by atoms with Crippen molar-refractivity contribution in [3.63, 3.8) is 0 Å². The van der Waals surface area contributed by atoms with Crippen LogP contribution >= 0.6 is 0 Å². The molecule has 22 heavy (non-hydrogen) atoms. The zero-order valence-electron chi connectivity index (χ0n) is 9.45. The van der Waals surface area contributed by atoms with Crippen molar-refractivity contribution in [1.29, 1.82) is 0 Å². The predicted molar refractivity (Wildman–Crippen MR) is 41.0 cm³/mol. The van der Waals surface area contributed by atoms with Gasteiger partial charge in [-0.25, -0.2) is 26.3 Å². The van der Waals surface area contributed by atoms with E-state index in [0.717, 1.165) is 0 Å². The molecule has 0 amide bonds. The van der Waals surface area contributed by atoms with Gasteiger partial charge in [-0.05, 0) is 0 Å². The van der Waals surface area contributed by atoms with E-state index in [1.54, 1.807) is 0 Å². The van der Waals surface area contributed by atoms with Gasteiger partial charge < -0.3 is 0 Å². The van der Waals surface area contributed by atoms with Gasteiger partial charge in [-0.3, -0.25) is 0 Å². The second-order valence-corrected chi connectivity index (χ2v) is 3.65. The van der Waals surface area contributed by atoms with Gasteiger partial charge in [0.25, 0.3) is 12.1 Å². The van der Waals surface area contributed by atoms with Gasteiger partial charge in [0.1, 0.15) is 0 Å². The molecule has 0 bridgehead atoms. The van der Waals surface area contributed by atoms with Gasteiger partial charge in [0.15, 0.2) is 5.83 Å². The van der Waals surface area contributed by atoms with Crippen LogP contribution in [0.15, 0.2) is 11.7 Å². The summed E-state index contributed by atoms with van der Waals surface area (Å²) in [5, 5.41) is 0. The van der Waals surface area contributed by atoms with Crippen LogP contribution in [-0.4, -0.2) is 36.5 Å². The van der Waals surface area contributed by atoms with E-state index in [2.05, 4.69) is 0 Å². The van der Waals surface area contributed by atoms with Crippen LogP contribution in [0.25, 0.3) is 0 Å². The first-order valence-corrected chi connectivity index (χ1v) is 4.61. The quantitative estimate of drug-likeness (QED) is 0.601. The van der Waals surface area contributed by atoms with Crippen molar-refractivity contribution in [2.24, 2.45) is 0 Å². The normalized spacial score (nSPS) is 19.8. The molecule has 0 saturated heterocycles. The number of hydrogen-bond donors (Lipinski definition) is 0. The van der Waals surface area contributed by atoms with E-state index in [9.17, 15) is 61.5 Å². The average Bonchev–Trinajstić information content (AvgIpc) is 2.31. The minimum absolute atomic E-state index is 4.69. The van der Waals surface area contributed by atoms with Gasteiger partial charge in [0.2, 0.25) is 12.0 Å². The van der Waals surface area contributed by atoms with Gasteiger partial charge in [0.05, 0.1) is 0 Å². The maximum Gasteiger partial charge on any atom is 0.460 e. The number of halogens is 14. The van der Waals surface area contributed by atoms with Crippen LogP contribution in [0.5, 0.6) is 0 Å². The summed E-state index contributed by atoms with van der Waals surface area (Å²) in [6, 6.07) is 0. The summed E-state index contributed by atoms with van der Waals surface area (Å²) in [5.74, 6) is -16.4. The molecule has 2 atom stereocenters. The third kappa shape index (κ3) is 3.24. The van der Waals surface area contributed by atoms with Crippen LogP contribution in [-0.2, 0) is 0 Å². The number of hydrogen-bond acceptors (Lipinski definition) is 0. The predicted octanol–water partition coefficient (Wildman–Crippen LogP) is 5.21. The topological polar surface area (TPSA) is 0 Å². The summed E-state index contributed by atoms with van der Waals surface area (Å²) in [7, 11) is 0. The summed E-state index contributed by atoms with van der Waals surface area (Å²) >= 11 is 0. The molecule has 2 unspecified atom stereocenters. The Morgan fingerprint density at radius 1 is 0.591 bits per heavy atom. The summed E-state index contributed by atoms with van der Waals surface area (Å²) in [5.41, 5.74) is -6.74. The van der Waals surface area contributed by atoms with Gasteiger partial charge in [-0.1, -0.05) is 0 Å². The fourth-order valence-electron chi connectivity index (χ4n) is 0.997. The van der Waals surface area contributed by atoms with Crippen molar-refractivity contribution in [3.8, 4) is 0 Å². The Morgan fingerprint density at radius 2 is 0.955 bits per heavy atom. The Hall–Kier alpha value is -1.24. The molecule has 0 aromatic carbocycles. The molecule has 0 aliphatic heterocycles. The molecule has 0 radical (unpaired) electrons. The van der Waals surface area contributed by atoms with Crippen LogP contribution in [0.2, 0.25) is 0 Å². The highest BCUT2D eigenvalue weighted by Crippen LogP contribution is 2.51. The van der Waals surface area contributed by atoms with Gasteiger partial charge in [-0.2, -0.15) is 35.1 Å². The van der Waals surface area contributed by atoms with Crippen molar-refractivity contribution in [3.05, 3.63) is 11.7 Å². The van der Waals surface area contributed by atoms with Crippen molar-refractivity contribution in [1.82, 2.24) is 0 Å². The van der Waals surface area contributed by atoms with Crippen LogP contribution in [0, 0.1) is 0 Å². The van der Waals surface area contributed by atoms with E-state index in [1.807, 2.05) is 0 Å². The smallest absolute Gasteiger partial charge is 0.237 e. The van der Waals surface area contributed by atoms with Crippen molar-refractivity contribution < 1.29 is 61.5 Å². The van der Waals surface area contributed by atoms with E-state index < -0.39 is 48.2 Å². The minimum Gasteiger partial charge on any atom is -0.237 e. The zero-order chi connectivity index (χ0) is 18.3. The molecule has 14 heteroatoms. The Kier molecular flexibility index (Phi) is 5.43. The summed E-state index contributed by atoms with van der Waals surface area (Å²) < 4.78 is 171. The summed E-state index contributed by atoms with van der Waals surface area (Å²) in [6.07, 6.45) is -24.4. The second-order valence-electron chi connectivity index (χ2n) is 3.65. The minimum atomic E-state index is -7.09. The van der Waals surface area contributed by atoms with Crippen molar-refractivity contribution in [2.75, 3.05) is 0 Å². The lowest BCUT2D eigenvalue weighted by molar-refractivity contribution is -0.277. The fourth-order valence-corrected chi connectivity index (χ4v) is 0.997. The number of alkyl halides is 12. The SMILES string of the molecule is FC(=C(F)C(F)(C(F)C(F)F)C(F)(F)F)C(F)(F)C(F)(F)F. The molecular weight excluding hydrogens is 362 g/mol. The van der Waals surface area contributed by atoms with Crippen molar-refractivity contribution in [2.45, 2.75) is 36.5 Å². The lowest BCUT2D eigenvalue weighted by Gasteiger charge is -2.30. The Bertz CT molecular complexity index is 427. The molecule has 0 rings (SSSR count). The van der Waals surface area contributed by atoms with E-state index in [4.69, 9.17) is 0 Å². The van der Waals surface area contributed by atoms with Crippen LogP contribution in [0.1, 0.15) is 0 Å². The molecule has 0 saturated carbocycles. The van der Waals surface area contributed by atoms with Crippen molar-refractivity contribution >= 4 is 0 Å². The van der Waals surface area contributed by atoms with E-state index in [-0.39, 0.29) is 0 Å². The van der Waals surface area contributed by atoms with E-state index >= 15 is 0 Å². The largest absolute Gasteiger partial charge is 0.460 e. The molecule has 0 aliphatic rings. The third-order valence-electron chi connectivity index (χ3n) is 2.16. The molecule has 0 spiro atoms. The van der Waals surface area contributed by atoms with Crippen LogP contribution in [0.4, 0.5) is 61.5 Å². The van der Waals surface area contributed by atoms with Crippen LogP contribution in [0.3, 0.4) is 0 Å². The highest BCUT2D eigenvalue weighted by Gasteiger charge is 2.72. The summed E-state index contributed by atoms with van der Waals surface area (Å²) in [4.78, 5) is 0. The van der Waals surface area contributed by atoms with Gasteiger partial charge in [-0.15, -0.1) is 0 Å². The maximum absolute atomic E-state index is 13.2. The monoisotopic (exact) mass is 364 g/mol. The lowest BCUT2D eigenvalue weighted by atomic mass is 9.95. The third-order valence-corrected chi connectivity index (χ3v) is 2.16. The Labute approximate surface area is 111 Å². The first-order valence-electron chi connectivity index (χ1n) is 4.61. The molecule has 0 nitrogen and oxygen atoms in total. The Balaban J connectivity index is 6.37. The first kappa shape index (κ1) is 20.8. The average molecular weight is 364 g/mol. The van der Waals surface area contributed by atoms with Gasteiger partial charge in [0, 0.05) is 0 Å². The molecule has 0 aliphatic carbocycles.